The normalized spacial score (nSPS) is 19.5. The molecule has 3 nitrogen and oxygen atoms in total. The van der Waals surface area contributed by atoms with E-state index in [0.717, 1.165) is 45.3 Å². The first-order chi connectivity index (χ1) is 10.1. The lowest BCUT2D eigenvalue weighted by Crippen LogP contribution is -2.40. The van der Waals surface area contributed by atoms with Crippen LogP contribution in [-0.4, -0.2) is 36.5 Å². The molecule has 21 heavy (non-hydrogen) atoms. The smallest absolute Gasteiger partial charge is 0.254 e. The van der Waals surface area contributed by atoms with E-state index in [1.54, 1.807) is 6.07 Å². The highest BCUT2D eigenvalue weighted by atomic mass is 79.9. The molecule has 1 amide bonds. The van der Waals surface area contributed by atoms with E-state index in [2.05, 4.69) is 21.2 Å². The zero-order valence-corrected chi connectivity index (χ0v) is 13.5. The minimum atomic E-state index is -0.370. The van der Waals surface area contributed by atoms with Gasteiger partial charge in [0, 0.05) is 22.6 Å². The fraction of sp³-hybridized carbons (Fsp3) is 0.562. The number of benzene rings is 1. The van der Waals surface area contributed by atoms with E-state index in [4.69, 9.17) is 0 Å². The molecular weight excluding hydrogens is 335 g/mol. The molecule has 0 atom stereocenters. The lowest BCUT2D eigenvalue weighted by Gasteiger charge is -2.30. The van der Waals surface area contributed by atoms with Gasteiger partial charge in [0.25, 0.3) is 5.91 Å². The van der Waals surface area contributed by atoms with Crippen LogP contribution in [0.2, 0.25) is 0 Å². The summed E-state index contributed by atoms with van der Waals surface area (Å²) in [6.45, 7) is 2.87. The Kier molecular flexibility index (Phi) is 4.60. The Morgan fingerprint density at radius 2 is 1.95 bits per heavy atom. The fourth-order valence-electron chi connectivity index (χ4n) is 2.97. The third-order valence-corrected chi connectivity index (χ3v) is 4.73. The lowest BCUT2D eigenvalue weighted by molar-refractivity contribution is 0.0701. The number of piperidine rings is 1. The van der Waals surface area contributed by atoms with Gasteiger partial charge in [-0.2, -0.15) is 0 Å². The first kappa shape index (κ1) is 15.0. The molecule has 1 N–H and O–H groups in total. The molecule has 1 aliphatic carbocycles. The summed E-state index contributed by atoms with van der Waals surface area (Å²) < 4.78 is 14.1. The van der Waals surface area contributed by atoms with Crippen LogP contribution in [0.3, 0.4) is 0 Å². The molecule has 1 aliphatic heterocycles. The summed E-state index contributed by atoms with van der Waals surface area (Å²) in [4.78, 5) is 14.7. The Morgan fingerprint density at radius 1 is 1.24 bits per heavy atom. The van der Waals surface area contributed by atoms with Gasteiger partial charge in [0.05, 0.1) is 0 Å². The Hall–Kier alpha value is -0.940. The van der Waals surface area contributed by atoms with Crippen molar-refractivity contribution in [2.24, 2.45) is 5.92 Å². The molecule has 1 aromatic carbocycles. The number of hydrogen-bond donors (Lipinski definition) is 1. The molecule has 0 bridgehead atoms. The quantitative estimate of drug-likeness (QED) is 0.900. The molecular formula is C16H20BrFN2O. The lowest BCUT2D eigenvalue weighted by atomic mass is 9.97. The summed E-state index contributed by atoms with van der Waals surface area (Å²) in [6, 6.07) is 4.79. The topological polar surface area (TPSA) is 32.3 Å². The molecule has 2 aliphatic rings. The second kappa shape index (κ2) is 6.44. The summed E-state index contributed by atoms with van der Waals surface area (Å²) in [7, 11) is 0. The maximum absolute atomic E-state index is 13.5. The van der Waals surface area contributed by atoms with Gasteiger partial charge in [0.2, 0.25) is 0 Å². The number of nitrogens with zero attached hydrogens (tertiary/aromatic N) is 1. The van der Waals surface area contributed by atoms with Crippen molar-refractivity contribution in [2.75, 3.05) is 19.6 Å². The molecule has 1 heterocycles. The highest BCUT2D eigenvalue weighted by Crippen LogP contribution is 2.31. The standard InChI is InChI=1S/C16H20BrFN2O/c17-13-7-12(8-14(18)9-13)16(21)20(15-1-2-15)10-11-3-5-19-6-4-11/h7-9,11,15,19H,1-6,10H2. The third kappa shape index (κ3) is 3.83. The van der Waals surface area contributed by atoms with Gasteiger partial charge in [-0.1, -0.05) is 15.9 Å². The van der Waals surface area contributed by atoms with Crippen molar-refractivity contribution in [2.45, 2.75) is 31.7 Å². The maximum Gasteiger partial charge on any atom is 0.254 e. The number of nitrogens with one attached hydrogen (secondary N) is 1. The predicted molar refractivity (Wildman–Crippen MR) is 83.8 cm³/mol. The van der Waals surface area contributed by atoms with Crippen LogP contribution < -0.4 is 5.32 Å². The van der Waals surface area contributed by atoms with Gasteiger partial charge in [0.15, 0.2) is 0 Å². The van der Waals surface area contributed by atoms with Crippen molar-refractivity contribution in [1.82, 2.24) is 10.2 Å². The molecule has 1 aromatic rings. The van der Waals surface area contributed by atoms with E-state index in [0.29, 0.717) is 22.0 Å². The van der Waals surface area contributed by atoms with Crippen LogP contribution in [0.1, 0.15) is 36.0 Å². The van der Waals surface area contributed by atoms with Gasteiger partial charge in [0.1, 0.15) is 5.82 Å². The van der Waals surface area contributed by atoms with Crippen LogP contribution in [0, 0.1) is 11.7 Å². The Balaban J connectivity index is 1.74. The van der Waals surface area contributed by atoms with Crippen molar-refractivity contribution < 1.29 is 9.18 Å². The molecule has 0 aromatic heterocycles. The van der Waals surface area contributed by atoms with Crippen molar-refractivity contribution in [1.29, 1.82) is 0 Å². The molecule has 114 valence electrons. The third-order valence-electron chi connectivity index (χ3n) is 4.27. The molecule has 2 fully saturated rings. The average molecular weight is 355 g/mol. The molecule has 5 heteroatoms. The van der Waals surface area contributed by atoms with E-state index in [1.165, 1.54) is 12.1 Å². The van der Waals surface area contributed by atoms with Gasteiger partial charge >= 0.3 is 0 Å². The zero-order valence-electron chi connectivity index (χ0n) is 11.9. The van der Waals surface area contributed by atoms with Crippen LogP contribution in [0.15, 0.2) is 22.7 Å². The van der Waals surface area contributed by atoms with E-state index >= 15 is 0 Å². The minimum absolute atomic E-state index is 0.0313. The van der Waals surface area contributed by atoms with Crippen LogP contribution in [0.5, 0.6) is 0 Å². The molecule has 0 unspecified atom stereocenters. The summed E-state index contributed by atoms with van der Waals surface area (Å²) in [5, 5.41) is 3.35. The van der Waals surface area contributed by atoms with E-state index in [1.807, 2.05) is 4.90 Å². The second-order valence-corrected chi connectivity index (χ2v) is 6.96. The highest BCUT2D eigenvalue weighted by Gasteiger charge is 2.34. The second-order valence-electron chi connectivity index (χ2n) is 6.04. The molecule has 1 saturated carbocycles. The number of hydrogen-bond acceptors (Lipinski definition) is 2. The predicted octanol–water partition coefficient (Wildman–Crippen LogP) is 3.19. The molecule has 0 radical (unpaired) electrons. The Labute approximate surface area is 133 Å². The Bertz CT molecular complexity index is 507. The van der Waals surface area contributed by atoms with Crippen molar-refractivity contribution in [3.8, 4) is 0 Å². The maximum atomic E-state index is 13.5. The number of carbonyl (C=O) groups is 1. The monoisotopic (exact) mass is 354 g/mol. The number of carbonyl (C=O) groups excluding carboxylic acids is 1. The van der Waals surface area contributed by atoms with Gasteiger partial charge in [-0.05, 0) is 62.9 Å². The first-order valence-corrected chi connectivity index (χ1v) is 8.40. The fourth-order valence-corrected chi connectivity index (χ4v) is 3.43. The summed E-state index contributed by atoms with van der Waals surface area (Å²) in [5.41, 5.74) is 0.447. The molecule has 1 saturated heterocycles. The zero-order chi connectivity index (χ0) is 14.8. The minimum Gasteiger partial charge on any atom is -0.335 e. The van der Waals surface area contributed by atoms with Gasteiger partial charge in [-0.25, -0.2) is 4.39 Å². The number of amides is 1. The Morgan fingerprint density at radius 3 is 2.57 bits per heavy atom. The summed E-state index contributed by atoms with van der Waals surface area (Å²) in [6.07, 6.45) is 4.38. The van der Waals surface area contributed by atoms with Gasteiger partial charge < -0.3 is 10.2 Å². The van der Waals surface area contributed by atoms with Crippen molar-refractivity contribution >= 4 is 21.8 Å². The van der Waals surface area contributed by atoms with Crippen LogP contribution in [0.25, 0.3) is 0 Å². The number of halogens is 2. The van der Waals surface area contributed by atoms with Gasteiger partial charge in [-0.3, -0.25) is 4.79 Å². The molecule has 3 rings (SSSR count). The first-order valence-electron chi connectivity index (χ1n) is 7.61. The van der Waals surface area contributed by atoms with E-state index in [-0.39, 0.29) is 11.7 Å². The van der Waals surface area contributed by atoms with Crippen LogP contribution in [0.4, 0.5) is 4.39 Å². The van der Waals surface area contributed by atoms with Crippen molar-refractivity contribution in [3.05, 3.63) is 34.1 Å². The molecule has 0 spiro atoms. The van der Waals surface area contributed by atoms with Crippen LogP contribution in [-0.2, 0) is 0 Å². The number of rotatable bonds is 4. The average Bonchev–Trinajstić information content (AvgIpc) is 3.29. The van der Waals surface area contributed by atoms with E-state index < -0.39 is 0 Å². The van der Waals surface area contributed by atoms with Crippen molar-refractivity contribution in [3.63, 3.8) is 0 Å². The largest absolute Gasteiger partial charge is 0.335 e. The summed E-state index contributed by atoms with van der Waals surface area (Å²) in [5.74, 6) is 0.161. The summed E-state index contributed by atoms with van der Waals surface area (Å²) >= 11 is 3.26. The van der Waals surface area contributed by atoms with Gasteiger partial charge in [-0.15, -0.1) is 0 Å². The SMILES string of the molecule is O=C(c1cc(F)cc(Br)c1)N(CC1CCNCC1)C1CC1. The van der Waals surface area contributed by atoms with E-state index in [9.17, 15) is 9.18 Å². The highest BCUT2D eigenvalue weighted by molar-refractivity contribution is 9.10. The van der Waals surface area contributed by atoms with Crippen LogP contribution >= 0.6 is 15.9 Å².